The lowest BCUT2D eigenvalue weighted by Gasteiger charge is -2.28. The third-order valence-electron chi connectivity index (χ3n) is 2.06. The third-order valence-corrected chi connectivity index (χ3v) is 2.81. The van der Waals surface area contributed by atoms with Crippen molar-refractivity contribution >= 4 is 15.9 Å². The molecule has 1 aliphatic rings. The molecule has 0 saturated carbocycles. The predicted octanol–water partition coefficient (Wildman–Crippen LogP) is 2.50. The van der Waals surface area contributed by atoms with Gasteiger partial charge in [-0.05, 0) is 5.56 Å². The zero-order valence-corrected chi connectivity index (χ0v) is 8.74. The number of ether oxygens (including phenoxy) is 2. The first kappa shape index (κ1) is 9.19. The molecule has 0 amide bonds. The molecule has 3 heteroatoms. The van der Waals surface area contributed by atoms with Gasteiger partial charge in [-0.2, -0.15) is 0 Å². The lowest BCUT2D eigenvalue weighted by Crippen LogP contribution is -2.28. The average molecular weight is 243 g/mol. The van der Waals surface area contributed by atoms with Gasteiger partial charge >= 0.3 is 0 Å². The largest absolute Gasteiger partial charge is 0.354 e. The first-order valence-corrected chi connectivity index (χ1v) is 5.18. The van der Waals surface area contributed by atoms with Crippen LogP contribution < -0.4 is 0 Å². The molecule has 0 spiro atoms. The van der Waals surface area contributed by atoms with Gasteiger partial charge in [-0.1, -0.05) is 46.3 Å². The van der Waals surface area contributed by atoms with Gasteiger partial charge in [0.25, 0.3) is 0 Å². The van der Waals surface area contributed by atoms with E-state index in [1.807, 2.05) is 18.2 Å². The van der Waals surface area contributed by atoms with Crippen LogP contribution in [0.5, 0.6) is 0 Å². The van der Waals surface area contributed by atoms with Crippen molar-refractivity contribution in [2.75, 3.05) is 13.4 Å². The van der Waals surface area contributed by atoms with E-state index >= 15 is 0 Å². The molecular formula is C10H11BrO2. The summed E-state index contributed by atoms with van der Waals surface area (Å²) >= 11 is 3.54. The summed E-state index contributed by atoms with van der Waals surface area (Å²) in [6.45, 7) is 1.10. The van der Waals surface area contributed by atoms with Crippen LogP contribution in [0.4, 0.5) is 0 Å². The summed E-state index contributed by atoms with van der Waals surface area (Å²) in [4.78, 5) is 0.253. The molecule has 0 aliphatic carbocycles. The lowest BCUT2D eigenvalue weighted by atomic mass is 10.1. The molecule has 0 N–H and O–H groups in total. The fourth-order valence-electron chi connectivity index (χ4n) is 1.42. The van der Waals surface area contributed by atoms with Crippen LogP contribution in [0.15, 0.2) is 30.3 Å². The average Bonchev–Trinajstić information content (AvgIpc) is 2.20. The Bertz CT molecular complexity index is 263. The van der Waals surface area contributed by atoms with Crippen LogP contribution in [0.1, 0.15) is 11.7 Å². The molecule has 2 rings (SSSR count). The highest BCUT2D eigenvalue weighted by Gasteiger charge is 2.25. The number of benzene rings is 1. The summed E-state index contributed by atoms with van der Waals surface area (Å²) in [5.74, 6) is 0. The van der Waals surface area contributed by atoms with E-state index in [1.54, 1.807) is 0 Å². The van der Waals surface area contributed by atoms with E-state index in [9.17, 15) is 0 Å². The lowest BCUT2D eigenvalue weighted by molar-refractivity contribution is -0.135. The van der Waals surface area contributed by atoms with Gasteiger partial charge in [0.05, 0.1) is 11.4 Å². The molecule has 2 nitrogen and oxygen atoms in total. The number of halogens is 1. The number of alkyl halides is 1. The van der Waals surface area contributed by atoms with Crippen LogP contribution in [0, 0.1) is 0 Å². The summed E-state index contributed by atoms with van der Waals surface area (Å²) in [6.07, 6.45) is 0.120. The van der Waals surface area contributed by atoms with E-state index in [-0.39, 0.29) is 10.9 Å². The van der Waals surface area contributed by atoms with Gasteiger partial charge in [0.1, 0.15) is 12.9 Å². The normalized spacial score (nSPS) is 28.7. The Morgan fingerprint density at radius 3 is 2.69 bits per heavy atom. The Morgan fingerprint density at radius 2 is 2.00 bits per heavy atom. The molecule has 1 aromatic rings. The Labute approximate surface area is 86.0 Å². The first-order chi connectivity index (χ1) is 6.38. The van der Waals surface area contributed by atoms with Crippen molar-refractivity contribution in [1.29, 1.82) is 0 Å². The second-order valence-electron chi connectivity index (χ2n) is 3.00. The maximum Gasteiger partial charge on any atom is 0.147 e. The molecule has 1 aromatic carbocycles. The Balaban J connectivity index is 2.15. The van der Waals surface area contributed by atoms with Gasteiger partial charge in [-0.25, -0.2) is 0 Å². The van der Waals surface area contributed by atoms with Crippen molar-refractivity contribution in [3.63, 3.8) is 0 Å². The molecule has 70 valence electrons. The van der Waals surface area contributed by atoms with E-state index in [1.165, 1.54) is 5.56 Å². The Hall–Kier alpha value is -0.380. The van der Waals surface area contributed by atoms with E-state index in [0.717, 1.165) is 0 Å². The molecule has 0 radical (unpaired) electrons. The predicted molar refractivity (Wildman–Crippen MR) is 53.8 cm³/mol. The standard InChI is InChI=1S/C10H11BrO2/c11-9-6-12-7-13-10(9)8-4-2-1-3-5-8/h1-5,9-10H,6-7H2/t9-,10+/m1/s1. The summed E-state index contributed by atoms with van der Waals surface area (Å²) in [5.41, 5.74) is 1.20. The minimum Gasteiger partial charge on any atom is -0.354 e. The first-order valence-electron chi connectivity index (χ1n) is 4.26. The topological polar surface area (TPSA) is 18.5 Å². The number of rotatable bonds is 1. The van der Waals surface area contributed by atoms with Gasteiger partial charge in [0.15, 0.2) is 0 Å². The molecule has 1 saturated heterocycles. The van der Waals surface area contributed by atoms with Crippen LogP contribution in [-0.4, -0.2) is 18.2 Å². The Kier molecular flexibility index (Phi) is 2.98. The van der Waals surface area contributed by atoms with Crippen molar-refractivity contribution in [2.45, 2.75) is 10.9 Å². The van der Waals surface area contributed by atoms with Crippen LogP contribution in [0.25, 0.3) is 0 Å². The van der Waals surface area contributed by atoms with Gasteiger partial charge in [-0.3, -0.25) is 0 Å². The second-order valence-corrected chi connectivity index (χ2v) is 4.18. The smallest absolute Gasteiger partial charge is 0.147 e. The molecule has 0 bridgehead atoms. The molecule has 1 heterocycles. The molecule has 1 fully saturated rings. The molecule has 0 unspecified atom stereocenters. The van der Waals surface area contributed by atoms with E-state index < -0.39 is 0 Å². The van der Waals surface area contributed by atoms with Gasteiger partial charge in [-0.15, -0.1) is 0 Å². The highest BCUT2D eigenvalue weighted by atomic mass is 79.9. The van der Waals surface area contributed by atoms with Gasteiger partial charge in [0, 0.05) is 0 Å². The number of hydrogen-bond donors (Lipinski definition) is 0. The van der Waals surface area contributed by atoms with E-state index in [2.05, 4.69) is 28.1 Å². The molecule has 2 atom stereocenters. The van der Waals surface area contributed by atoms with Crippen molar-refractivity contribution in [1.82, 2.24) is 0 Å². The minimum absolute atomic E-state index is 0.120. The maximum atomic E-state index is 5.51. The highest BCUT2D eigenvalue weighted by Crippen LogP contribution is 2.29. The van der Waals surface area contributed by atoms with Crippen molar-refractivity contribution in [3.05, 3.63) is 35.9 Å². The van der Waals surface area contributed by atoms with E-state index in [0.29, 0.717) is 13.4 Å². The van der Waals surface area contributed by atoms with Crippen molar-refractivity contribution in [2.24, 2.45) is 0 Å². The van der Waals surface area contributed by atoms with Crippen LogP contribution >= 0.6 is 15.9 Å². The number of hydrogen-bond acceptors (Lipinski definition) is 2. The van der Waals surface area contributed by atoms with Crippen LogP contribution in [0.3, 0.4) is 0 Å². The second kappa shape index (κ2) is 4.22. The summed E-state index contributed by atoms with van der Waals surface area (Å²) in [6, 6.07) is 10.2. The van der Waals surface area contributed by atoms with E-state index in [4.69, 9.17) is 9.47 Å². The summed E-state index contributed by atoms with van der Waals surface area (Å²) in [5, 5.41) is 0. The molecular weight excluding hydrogens is 232 g/mol. The van der Waals surface area contributed by atoms with Gasteiger partial charge in [0.2, 0.25) is 0 Å². The summed E-state index contributed by atoms with van der Waals surface area (Å²) in [7, 11) is 0. The Morgan fingerprint density at radius 1 is 1.23 bits per heavy atom. The van der Waals surface area contributed by atoms with Crippen molar-refractivity contribution < 1.29 is 9.47 Å². The maximum absolute atomic E-state index is 5.51. The monoisotopic (exact) mass is 242 g/mol. The van der Waals surface area contributed by atoms with Crippen LogP contribution in [-0.2, 0) is 9.47 Å². The highest BCUT2D eigenvalue weighted by molar-refractivity contribution is 9.09. The molecule has 1 aliphatic heterocycles. The fourth-order valence-corrected chi connectivity index (χ4v) is 2.07. The minimum atomic E-state index is 0.120. The molecule has 0 aromatic heterocycles. The van der Waals surface area contributed by atoms with Gasteiger partial charge < -0.3 is 9.47 Å². The molecule has 13 heavy (non-hydrogen) atoms. The SMILES string of the molecule is Br[C@@H]1COCO[C@H]1c1ccccc1. The zero-order chi connectivity index (χ0) is 9.10. The quantitative estimate of drug-likeness (QED) is 0.705. The zero-order valence-electron chi connectivity index (χ0n) is 7.15. The third kappa shape index (κ3) is 2.10. The summed E-state index contributed by atoms with van der Waals surface area (Å²) < 4.78 is 10.7. The van der Waals surface area contributed by atoms with Crippen molar-refractivity contribution in [3.8, 4) is 0 Å². The fraction of sp³-hybridized carbons (Fsp3) is 0.400. The van der Waals surface area contributed by atoms with Crippen LogP contribution in [0.2, 0.25) is 0 Å².